The molecule has 0 fully saturated rings. The van der Waals surface area contributed by atoms with E-state index in [9.17, 15) is 24.6 Å². The molecule has 178 valence electrons. The molecule has 0 saturated carbocycles. The lowest BCUT2D eigenvalue weighted by atomic mass is 10.0. The van der Waals surface area contributed by atoms with Crippen molar-refractivity contribution in [3.63, 3.8) is 0 Å². The van der Waals surface area contributed by atoms with Crippen molar-refractivity contribution in [1.29, 1.82) is 0 Å². The number of rotatable bonds is 6. The van der Waals surface area contributed by atoms with Gasteiger partial charge in [-0.15, -0.1) is 10.2 Å². The smallest absolute Gasteiger partial charge is 0.361 e. The average Bonchev–Trinajstić information content (AvgIpc) is 3.20. The van der Waals surface area contributed by atoms with Gasteiger partial charge in [-0.05, 0) is 48.5 Å². The van der Waals surface area contributed by atoms with Crippen LogP contribution in [-0.2, 0) is 0 Å². The van der Waals surface area contributed by atoms with Crippen LogP contribution in [0.4, 0.5) is 11.4 Å². The molecule has 3 aromatic carbocycles. The van der Waals surface area contributed by atoms with Gasteiger partial charge in [-0.2, -0.15) is 0 Å². The molecule has 0 aliphatic carbocycles. The molecule has 0 radical (unpaired) electrons. The van der Waals surface area contributed by atoms with Gasteiger partial charge in [0.15, 0.2) is 17.1 Å². The third kappa shape index (κ3) is 3.66. The van der Waals surface area contributed by atoms with Gasteiger partial charge in [-0.25, -0.2) is 9.59 Å². The van der Waals surface area contributed by atoms with Gasteiger partial charge >= 0.3 is 11.6 Å². The lowest BCUT2D eigenvalue weighted by Gasteiger charge is -2.04. The van der Waals surface area contributed by atoms with E-state index in [1.165, 1.54) is 41.8 Å². The number of aromatic hydroxyl groups is 1. The molecule has 0 aliphatic heterocycles. The summed E-state index contributed by atoms with van der Waals surface area (Å²) in [7, 11) is 1.49. The quantitative estimate of drug-likeness (QED) is 0.252. The maximum absolute atomic E-state index is 13.6. The van der Waals surface area contributed by atoms with Crippen LogP contribution in [0, 0.1) is 0 Å². The first kappa shape index (κ1) is 22.5. The summed E-state index contributed by atoms with van der Waals surface area (Å²) < 4.78 is 11.7. The van der Waals surface area contributed by atoms with Crippen LogP contribution in [-0.4, -0.2) is 33.5 Å². The summed E-state index contributed by atoms with van der Waals surface area (Å²) in [6.45, 7) is 0. The van der Waals surface area contributed by atoms with Crippen LogP contribution in [0.5, 0.6) is 11.6 Å². The molecule has 10 nitrogen and oxygen atoms in total. The zero-order valence-electron chi connectivity index (χ0n) is 18.7. The van der Waals surface area contributed by atoms with Gasteiger partial charge in [-0.3, -0.25) is 9.20 Å². The first-order valence-electron chi connectivity index (χ1n) is 10.6. The molecule has 10 heteroatoms. The normalized spacial score (nSPS) is 11.4. The molecule has 2 aromatic heterocycles. The van der Waals surface area contributed by atoms with Crippen LogP contribution < -0.4 is 10.4 Å². The number of nitrogens with zero attached hydrogens (tertiary/aromatic N) is 3. The molecule has 0 spiro atoms. The Balaban J connectivity index is 1.81. The van der Waals surface area contributed by atoms with E-state index in [0.29, 0.717) is 11.3 Å². The highest BCUT2D eigenvalue weighted by atomic mass is 16.5. The molecule has 0 aliphatic rings. The monoisotopic (exact) mass is 483 g/mol. The van der Waals surface area contributed by atoms with Crippen molar-refractivity contribution in [3.05, 3.63) is 99.9 Å². The number of ether oxygens (including phenoxy) is 1. The number of para-hydroxylation sites is 2. The molecule has 0 amide bonds. The number of hydrogen-bond donors (Lipinski definition) is 2. The van der Waals surface area contributed by atoms with Crippen molar-refractivity contribution in [1.82, 2.24) is 4.40 Å². The highest BCUT2D eigenvalue weighted by Gasteiger charge is 2.29. The SMILES string of the molecule is COc1ccc(C(=O)c2c(N=Nc3ccccc3C(=O)O)c(O)n3c2c(=O)oc2ccccc23)cc1. The summed E-state index contributed by atoms with van der Waals surface area (Å²) in [5.74, 6) is -1.86. The molecule has 0 bridgehead atoms. The van der Waals surface area contributed by atoms with Gasteiger partial charge in [0.1, 0.15) is 17.0 Å². The molecule has 5 aromatic rings. The summed E-state index contributed by atoms with van der Waals surface area (Å²) in [5, 5.41) is 28.7. The van der Waals surface area contributed by atoms with E-state index in [1.54, 1.807) is 42.5 Å². The van der Waals surface area contributed by atoms with E-state index in [2.05, 4.69) is 10.2 Å². The Labute approximate surface area is 202 Å². The number of hydrogen-bond acceptors (Lipinski definition) is 8. The fraction of sp³-hybridized carbons (Fsp3) is 0.0385. The second-order valence-electron chi connectivity index (χ2n) is 7.67. The predicted molar refractivity (Wildman–Crippen MR) is 129 cm³/mol. The van der Waals surface area contributed by atoms with Crippen molar-refractivity contribution < 1.29 is 29.0 Å². The van der Waals surface area contributed by atoms with E-state index >= 15 is 0 Å². The van der Waals surface area contributed by atoms with Crippen LogP contribution in [0.2, 0.25) is 0 Å². The highest BCUT2D eigenvalue weighted by molar-refractivity contribution is 6.17. The predicted octanol–water partition coefficient (Wildman–Crippen LogP) is 5.10. The summed E-state index contributed by atoms with van der Waals surface area (Å²) in [5.41, 5.74) is -1.08. The Hall–Kier alpha value is -5.25. The van der Waals surface area contributed by atoms with Crippen molar-refractivity contribution in [2.24, 2.45) is 10.2 Å². The van der Waals surface area contributed by atoms with Crippen LogP contribution in [0.15, 0.2) is 92.2 Å². The molecular formula is C26H17N3O7. The van der Waals surface area contributed by atoms with Crippen LogP contribution in [0.1, 0.15) is 26.3 Å². The lowest BCUT2D eigenvalue weighted by molar-refractivity contribution is 0.0697. The number of methoxy groups -OCH3 is 1. The fourth-order valence-corrected chi connectivity index (χ4v) is 3.89. The number of aromatic nitrogens is 1. The zero-order valence-corrected chi connectivity index (χ0v) is 18.7. The molecule has 0 atom stereocenters. The third-order valence-corrected chi connectivity index (χ3v) is 5.59. The number of carbonyl (C=O) groups is 2. The number of carboxylic acid groups (broad SMARTS) is 1. The van der Waals surface area contributed by atoms with Crippen molar-refractivity contribution in [2.45, 2.75) is 0 Å². The Morgan fingerprint density at radius 1 is 0.944 bits per heavy atom. The highest BCUT2D eigenvalue weighted by Crippen LogP contribution is 2.40. The molecule has 2 N–H and O–H groups in total. The van der Waals surface area contributed by atoms with E-state index in [1.807, 2.05) is 0 Å². The minimum atomic E-state index is -1.23. The van der Waals surface area contributed by atoms with Crippen molar-refractivity contribution in [2.75, 3.05) is 7.11 Å². The minimum Gasteiger partial charge on any atom is -0.497 e. The Morgan fingerprint density at radius 2 is 1.64 bits per heavy atom. The van der Waals surface area contributed by atoms with Gasteiger partial charge in [0.05, 0.1) is 23.8 Å². The lowest BCUT2D eigenvalue weighted by Crippen LogP contribution is -2.10. The molecule has 0 saturated heterocycles. The Kier molecular flexibility index (Phi) is 5.53. The topological polar surface area (TPSA) is 143 Å². The summed E-state index contributed by atoms with van der Waals surface area (Å²) in [6.07, 6.45) is 0. The minimum absolute atomic E-state index is 0.000560. The van der Waals surface area contributed by atoms with Crippen LogP contribution in [0.3, 0.4) is 0 Å². The standard InChI is InChI=1S/C26H17N3O7/c1-35-15-12-10-14(11-13-15)23(30)20-21(28-27-17-7-3-2-6-16(17)25(32)33)24(31)29-18-8-4-5-9-19(18)36-26(34)22(20)29/h2-13,31H,1H3,(H,32,33). The van der Waals surface area contributed by atoms with E-state index < -0.39 is 23.3 Å². The summed E-state index contributed by atoms with van der Waals surface area (Å²) in [6, 6.07) is 18.5. The second-order valence-corrected chi connectivity index (χ2v) is 7.67. The second kappa shape index (κ2) is 8.84. The maximum atomic E-state index is 13.6. The first-order valence-corrected chi connectivity index (χ1v) is 10.6. The number of ketones is 1. The van der Waals surface area contributed by atoms with Gasteiger partial charge in [0.2, 0.25) is 5.88 Å². The fourth-order valence-electron chi connectivity index (χ4n) is 3.89. The van der Waals surface area contributed by atoms with Crippen LogP contribution in [0.25, 0.3) is 16.6 Å². The first-order chi connectivity index (χ1) is 17.4. The van der Waals surface area contributed by atoms with Crippen LogP contribution >= 0.6 is 0 Å². The van der Waals surface area contributed by atoms with E-state index in [-0.39, 0.29) is 39.2 Å². The van der Waals surface area contributed by atoms with Gasteiger partial charge in [0.25, 0.3) is 0 Å². The number of fused-ring (bicyclic) bond motifs is 3. The molecule has 0 unspecified atom stereocenters. The summed E-state index contributed by atoms with van der Waals surface area (Å²) >= 11 is 0. The van der Waals surface area contributed by atoms with Crippen molar-refractivity contribution in [3.8, 4) is 11.6 Å². The van der Waals surface area contributed by atoms with Crippen molar-refractivity contribution >= 4 is 39.7 Å². The number of benzene rings is 3. The zero-order chi connectivity index (χ0) is 25.4. The molecular weight excluding hydrogens is 466 g/mol. The third-order valence-electron chi connectivity index (χ3n) is 5.59. The van der Waals surface area contributed by atoms with E-state index in [0.717, 1.165) is 0 Å². The largest absolute Gasteiger partial charge is 0.497 e. The Bertz CT molecular complexity index is 1750. The number of carbonyl (C=O) groups excluding carboxylic acids is 1. The number of carboxylic acids is 1. The maximum Gasteiger partial charge on any atom is 0.361 e. The summed E-state index contributed by atoms with van der Waals surface area (Å²) in [4.78, 5) is 38.2. The Morgan fingerprint density at radius 3 is 2.36 bits per heavy atom. The van der Waals surface area contributed by atoms with E-state index in [4.69, 9.17) is 9.15 Å². The molecule has 5 rings (SSSR count). The number of aromatic carboxylic acids is 1. The number of azo groups is 1. The average molecular weight is 483 g/mol. The van der Waals surface area contributed by atoms with Gasteiger partial charge in [0, 0.05) is 5.56 Å². The molecule has 36 heavy (non-hydrogen) atoms. The van der Waals surface area contributed by atoms with Gasteiger partial charge in [-0.1, -0.05) is 24.3 Å². The van der Waals surface area contributed by atoms with Gasteiger partial charge < -0.3 is 19.4 Å². The molecule has 2 heterocycles.